The first-order chi connectivity index (χ1) is 29.7. The number of fused-ring (bicyclic) bond motifs is 4. The van der Waals surface area contributed by atoms with Gasteiger partial charge in [0, 0.05) is 33.4 Å². The summed E-state index contributed by atoms with van der Waals surface area (Å²) >= 11 is 0. The Hall–Kier alpha value is -7.94. The first-order valence-corrected chi connectivity index (χ1v) is 20.5. The third kappa shape index (κ3) is 6.61. The molecule has 10 aromatic carbocycles. The van der Waals surface area contributed by atoms with Crippen LogP contribution in [0.25, 0.3) is 88.3 Å². The molecule has 0 fully saturated rings. The van der Waals surface area contributed by atoms with Crippen LogP contribution in [0.3, 0.4) is 0 Å². The van der Waals surface area contributed by atoms with Crippen LogP contribution in [0.4, 0.5) is 17.1 Å². The molecule has 11 rings (SSSR count). The van der Waals surface area contributed by atoms with Gasteiger partial charge in [0.1, 0.15) is 11.2 Å². The van der Waals surface area contributed by atoms with Crippen LogP contribution in [0.1, 0.15) is 0 Å². The van der Waals surface area contributed by atoms with Crippen LogP contribution in [0, 0.1) is 0 Å². The lowest BCUT2D eigenvalue weighted by molar-refractivity contribution is 0.670. The predicted molar refractivity (Wildman–Crippen MR) is 253 cm³/mol. The molecule has 2 nitrogen and oxygen atoms in total. The average molecular weight is 766 g/mol. The van der Waals surface area contributed by atoms with Crippen molar-refractivity contribution in [2.75, 3.05) is 4.90 Å². The summed E-state index contributed by atoms with van der Waals surface area (Å²) in [6.07, 6.45) is 0. The predicted octanol–water partition coefficient (Wildman–Crippen LogP) is 16.5. The molecule has 11 aromatic rings. The maximum absolute atomic E-state index is 6.41. The number of nitrogens with zero attached hydrogens (tertiary/aromatic N) is 1. The van der Waals surface area contributed by atoms with E-state index in [4.69, 9.17) is 4.42 Å². The van der Waals surface area contributed by atoms with E-state index in [1.54, 1.807) is 0 Å². The van der Waals surface area contributed by atoms with Crippen LogP contribution in [0.15, 0.2) is 241 Å². The molecule has 0 bridgehead atoms. The Kier molecular flexibility index (Phi) is 8.87. The number of anilines is 3. The van der Waals surface area contributed by atoms with Crippen molar-refractivity contribution >= 4 is 49.8 Å². The van der Waals surface area contributed by atoms with Gasteiger partial charge in [-0.25, -0.2) is 0 Å². The minimum atomic E-state index is 0.906. The van der Waals surface area contributed by atoms with E-state index in [0.717, 1.165) is 50.1 Å². The summed E-state index contributed by atoms with van der Waals surface area (Å²) in [5.41, 5.74) is 16.9. The van der Waals surface area contributed by atoms with E-state index in [1.165, 1.54) is 55.3 Å². The lowest BCUT2D eigenvalue weighted by atomic mass is 9.98. The van der Waals surface area contributed by atoms with E-state index >= 15 is 0 Å². The fourth-order valence-corrected chi connectivity index (χ4v) is 8.53. The largest absolute Gasteiger partial charge is 0.455 e. The topological polar surface area (TPSA) is 16.4 Å². The van der Waals surface area contributed by atoms with Crippen LogP contribution in [0.2, 0.25) is 0 Å². The van der Waals surface area contributed by atoms with Crippen molar-refractivity contribution < 1.29 is 4.42 Å². The summed E-state index contributed by atoms with van der Waals surface area (Å²) in [5.74, 6) is 0. The van der Waals surface area contributed by atoms with E-state index < -0.39 is 0 Å². The van der Waals surface area contributed by atoms with Crippen molar-refractivity contribution in [1.82, 2.24) is 0 Å². The highest BCUT2D eigenvalue weighted by Crippen LogP contribution is 2.40. The van der Waals surface area contributed by atoms with Crippen molar-refractivity contribution in [1.29, 1.82) is 0 Å². The van der Waals surface area contributed by atoms with Gasteiger partial charge < -0.3 is 9.32 Å². The molecule has 0 saturated heterocycles. The van der Waals surface area contributed by atoms with Crippen molar-refractivity contribution in [3.63, 3.8) is 0 Å². The molecule has 1 aromatic heterocycles. The van der Waals surface area contributed by atoms with Crippen molar-refractivity contribution in [3.05, 3.63) is 237 Å². The number of hydrogen-bond acceptors (Lipinski definition) is 2. The fraction of sp³-hybridized carbons (Fsp3) is 0. The van der Waals surface area contributed by atoms with Crippen LogP contribution < -0.4 is 4.90 Å². The molecule has 282 valence electrons. The number of benzene rings is 10. The first-order valence-electron chi connectivity index (χ1n) is 20.5. The summed E-state index contributed by atoms with van der Waals surface area (Å²) < 4.78 is 6.41. The molecule has 0 saturated carbocycles. The molecule has 0 radical (unpaired) electrons. The van der Waals surface area contributed by atoms with Crippen molar-refractivity contribution in [2.24, 2.45) is 0 Å². The van der Waals surface area contributed by atoms with Gasteiger partial charge >= 0.3 is 0 Å². The molecule has 1 heterocycles. The van der Waals surface area contributed by atoms with Gasteiger partial charge in [-0.1, -0.05) is 188 Å². The lowest BCUT2D eigenvalue weighted by Crippen LogP contribution is -2.09. The van der Waals surface area contributed by atoms with E-state index in [2.05, 4.69) is 229 Å². The van der Waals surface area contributed by atoms with Crippen molar-refractivity contribution in [2.45, 2.75) is 0 Å². The molecule has 0 atom stereocenters. The second kappa shape index (κ2) is 15.1. The van der Waals surface area contributed by atoms with E-state index in [0.29, 0.717) is 0 Å². The van der Waals surface area contributed by atoms with Crippen LogP contribution >= 0.6 is 0 Å². The highest BCUT2D eigenvalue weighted by atomic mass is 16.3. The third-order valence-electron chi connectivity index (χ3n) is 11.7. The molecule has 0 amide bonds. The Labute approximate surface area is 349 Å². The van der Waals surface area contributed by atoms with Gasteiger partial charge in [-0.2, -0.15) is 0 Å². The lowest BCUT2D eigenvalue weighted by Gasteiger charge is -2.26. The number of rotatable bonds is 8. The normalized spacial score (nSPS) is 11.3. The second-order valence-corrected chi connectivity index (χ2v) is 15.3. The molecule has 2 heteroatoms. The molecule has 0 unspecified atom stereocenters. The van der Waals surface area contributed by atoms with Gasteiger partial charge in [0.15, 0.2) is 0 Å². The molecule has 60 heavy (non-hydrogen) atoms. The van der Waals surface area contributed by atoms with Gasteiger partial charge in [-0.3, -0.25) is 0 Å². The molecule has 0 aliphatic heterocycles. The zero-order chi connectivity index (χ0) is 39.8. The van der Waals surface area contributed by atoms with Crippen LogP contribution in [-0.4, -0.2) is 0 Å². The molecular weight excluding hydrogens is 727 g/mol. The maximum Gasteiger partial charge on any atom is 0.143 e. The summed E-state index contributed by atoms with van der Waals surface area (Å²) in [6.45, 7) is 0. The Morgan fingerprint density at radius 1 is 0.267 bits per heavy atom. The zero-order valence-electron chi connectivity index (χ0n) is 32.9. The molecule has 0 spiro atoms. The Bertz CT molecular complexity index is 3250. The highest BCUT2D eigenvalue weighted by Gasteiger charge is 2.16. The summed E-state index contributed by atoms with van der Waals surface area (Å²) in [7, 11) is 0. The fourth-order valence-electron chi connectivity index (χ4n) is 8.53. The van der Waals surface area contributed by atoms with E-state index in [-0.39, 0.29) is 0 Å². The van der Waals surface area contributed by atoms with Crippen LogP contribution in [0.5, 0.6) is 0 Å². The van der Waals surface area contributed by atoms with Gasteiger partial charge in [-0.05, 0) is 109 Å². The van der Waals surface area contributed by atoms with E-state index in [1.807, 2.05) is 12.1 Å². The molecular formula is C58H39NO. The summed E-state index contributed by atoms with van der Waals surface area (Å²) in [4.78, 5) is 2.34. The summed E-state index contributed by atoms with van der Waals surface area (Å²) in [6, 6.07) is 84.8. The van der Waals surface area contributed by atoms with Crippen molar-refractivity contribution in [3.8, 4) is 55.6 Å². The highest BCUT2D eigenvalue weighted by molar-refractivity contribution is 6.09. The minimum Gasteiger partial charge on any atom is -0.455 e. The number of hydrogen-bond donors (Lipinski definition) is 0. The average Bonchev–Trinajstić information content (AvgIpc) is 3.72. The smallest absolute Gasteiger partial charge is 0.143 e. The van der Waals surface area contributed by atoms with Gasteiger partial charge in [0.05, 0.1) is 0 Å². The molecule has 0 aliphatic rings. The van der Waals surface area contributed by atoms with Gasteiger partial charge in [-0.15, -0.1) is 0 Å². The van der Waals surface area contributed by atoms with E-state index in [9.17, 15) is 0 Å². The molecule has 0 aliphatic carbocycles. The Morgan fingerprint density at radius 2 is 0.683 bits per heavy atom. The maximum atomic E-state index is 6.41. The first kappa shape index (κ1) is 35.2. The summed E-state index contributed by atoms with van der Waals surface area (Å²) in [5, 5.41) is 4.76. The monoisotopic (exact) mass is 765 g/mol. The number of para-hydroxylation sites is 2. The van der Waals surface area contributed by atoms with Gasteiger partial charge in [0.25, 0.3) is 0 Å². The SMILES string of the molecule is c1ccc(-c2ccc(-c3ccc(-c4ccc(N(c5ccc(-c6ccc7ccccc7c6)cc5)c5ccc(-c6cccc7c6oc6ccccc67)cc5)cc4)cc3)cc2)cc1. The minimum absolute atomic E-state index is 0.906. The van der Waals surface area contributed by atoms with Crippen LogP contribution in [-0.2, 0) is 0 Å². The van der Waals surface area contributed by atoms with Gasteiger partial charge in [0.2, 0.25) is 0 Å². The Morgan fingerprint density at radius 3 is 1.27 bits per heavy atom. The number of furan rings is 1. The Balaban J connectivity index is 0.915. The second-order valence-electron chi connectivity index (χ2n) is 15.3. The zero-order valence-corrected chi connectivity index (χ0v) is 32.9. The third-order valence-corrected chi connectivity index (χ3v) is 11.7. The standard InChI is InChI=1S/C58H39NO/c1-2-9-40(10-3-1)42-17-19-43(20-18-42)44-21-23-45(24-22-44)46-27-33-51(34-28-46)59(52-35-29-47(30-36-52)50-26-25-41-11-4-5-12-49(41)39-50)53-37-31-48(32-38-53)54-14-8-15-56-55-13-6-7-16-57(55)60-58(54)56/h1-39H. The quantitative estimate of drug-likeness (QED) is 0.153. The molecule has 0 N–H and O–H groups in total.